The summed E-state index contributed by atoms with van der Waals surface area (Å²) in [5.74, 6) is -0.500. The fraction of sp³-hybridized carbons (Fsp3) is 0.333. The molecule has 2 aromatic rings. The summed E-state index contributed by atoms with van der Waals surface area (Å²) in [6.07, 6.45) is 2.69. The van der Waals surface area contributed by atoms with E-state index in [-0.39, 0.29) is 6.61 Å². The van der Waals surface area contributed by atoms with E-state index >= 15 is 0 Å². The number of rotatable bonds is 7. The summed E-state index contributed by atoms with van der Waals surface area (Å²) in [4.78, 5) is 28.5. The predicted molar refractivity (Wildman–Crippen MR) is 116 cm³/mol. The van der Waals surface area contributed by atoms with E-state index in [1.807, 2.05) is 24.3 Å². The lowest BCUT2D eigenvalue weighted by Crippen LogP contribution is -2.46. The van der Waals surface area contributed by atoms with Gasteiger partial charge >= 0.3 is 5.97 Å². The number of hydrogen-bond donors (Lipinski definition) is 1. The molecule has 0 saturated carbocycles. The average Bonchev–Trinajstić information content (AvgIpc) is 3.16. The average molecular weight is 462 g/mol. The van der Waals surface area contributed by atoms with Crippen molar-refractivity contribution >= 4 is 45.3 Å². The number of halogens is 1. The molecule has 1 aromatic heterocycles. The summed E-state index contributed by atoms with van der Waals surface area (Å²) in [5, 5.41) is 2.73. The Morgan fingerprint density at radius 1 is 1.14 bits per heavy atom. The minimum absolute atomic E-state index is 0.355. The Bertz CT molecular complexity index is 855. The van der Waals surface area contributed by atoms with Gasteiger partial charge in [0.15, 0.2) is 11.3 Å². The van der Waals surface area contributed by atoms with Gasteiger partial charge in [0.25, 0.3) is 5.91 Å². The molecule has 0 radical (unpaired) electrons. The summed E-state index contributed by atoms with van der Waals surface area (Å²) in [5.41, 5.74) is 1.80. The Labute approximate surface area is 178 Å². The van der Waals surface area contributed by atoms with Crippen molar-refractivity contribution in [3.05, 3.63) is 52.9 Å². The van der Waals surface area contributed by atoms with Crippen LogP contribution in [0.5, 0.6) is 0 Å². The van der Waals surface area contributed by atoms with Crippen LogP contribution in [0.1, 0.15) is 12.7 Å². The second-order valence-corrected chi connectivity index (χ2v) is 7.38. The number of esters is 1. The Morgan fingerprint density at radius 2 is 1.86 bits per heavy atom. The Balaban J connectivity index is 1.42. The van der Waals surface area contributed by atoms with Crippen molar-refractivity contribution < 1.29 is 18.7 Å². The molecule has 7 nitrogen and oxygen atoms in total. The molecule has 2 heterocycles. The van der Waals surface area contributed by atoms with E-state index in [0.29, 0.717) is 16.1 Å². The summed E-state index contributed by atoms with van der Waals surface area (Å²) in [6, 6.07) is 11.1. The van der Waals surface area contributed by atoms with Crippen LogP contribution >= 0.6 is 15.9 Å². The molecule has 0 spiro atoms. The monoisotopic (exact) mass is 461 g/mol. The topological polar surface area (TPSA) is 75.0 Å². The lowest BCUT2D eigenvalue weighted by molar-refractivity contribution is -0.142. The SMILES string of the molecule is CCN1CCN(c2ccc(NC(=O)COC(=O)/C=C/c3ccc(Br)o3)cc2)CC1. The first-order valence-corrected chi connectivity index (χ1v) is 10.3. The molecule has 1 fully saturated rings. The van der Waals surface area contributed by atoms with Crippen LogP contribution in [-0.2, 0) is 14.3 Å². The molecule has 0 atom stereocenters. The van der Waals surface area contributed by atoms with E-state index in [2.05, 4.69) is 38.0 Å². The van der Waals surface area contributed by atoms with Gasteiger partial charge in [-0.05, 0) is 64.9 Å². The Kier molecular flexibility index (Phi) is 7.48. The third-order valence-electron chi connectivity index (χ3n) is 4.66. The van der Waals surface area contributed by atoms with Gasteiger partial charge in [-0.3, -0.25) is 4.79 Å². The summed E-state index contributed by atoms with van der Waals surface area (Å²) in [6.45, 7) is 7.03. The van der Waals surface area contributed by atoms with Crippen LogP contribution in [0, 0.1) is 0 Å². The van der Waals surface area contributed by atoms with Gasteiger partial charge in [0, 0.05) is 43.6 Å². The highest BCUT2D eigenvalue weighted by molar-refractivity contribution is 9.10. The van der Waals surface area contributed by atoms with E-state index in [1.54, 1.807) is 12.1 Å². The molecular weight excluding hydrogens is 438 g/mol. The van der Waals surface area contributed by atoms with Crippen LogP contribution in [0.15, 0.2) is 51.6 Å². The number of piperazine rings is 1. The first-order chi connectivity index (χ1) is 14.0. The highest BCUT2D eigenvalue weighted by atomic mass is 79.9. The zero-order chi connectivity index (χ0) is 20.6. The number of carbonyl (C=O) groups excluding carboxylic acids is 2. The zero-order valence-corrected chi connectivity index (χ0v) is 17.9. The van der Waals surface area contributed by atoms with E-state index in [4.69, 9.17) is 9.15 Å². The number of carbonyl (C=O) groups is 2. The second-order valence-electron chi connectivity index (χ2n) is 6.60. The van der Waals surface area contributed by atoms with Gasteiger partial charge in [0.05, 0.1) is 0 Å². The molecule has 0 aliphatic carbocycles. The van der Waals surface area contributed by atoms with E-state index in [1.165, 1.54) is 12.2 Å². The molecule has 1 N–H and O–H groups in total. The van der Waals surface area contributed by atoms with Gasteiger partial charge in [-0.2, -0.15) is 0 Å². The minimum Gasteiger partial charge on any atom is -0.452 e. The fourth-order valence-corrected chi connectivity index (χ4v) is 3.35. The molecule has 29 heavy (non-hydrogen) atoms. The maximum absolute atomic E-state index is 12.0. The largest absolute Gasteiger partial charge is 0.452 e. The second kappa shape index (κ2) is 10.3. The zero-order valence-electron chi connectivity index (χ0n) is 16.3. The number of likely N-dealkylation sites (N-methyl/N-ethyl adjacent to an activating group) is 1. The number of nitrogens with one attached hydrogen (secondary N) is 1. The van der Waals surface area contributed by atoms with Gasteiger partial charge in [-0.25, -0.2) is 4.79 Å². The van der Waals surface area contributed by atoms with Crippen LogP contribution in [0.4, 0.5) is 11.4 Å². The van der Waals surface area contributed by atoms with Crippen molar-refractivity contribution in [2.45, 2.75) is 6.92 Å². The third kappa shape index (κ3) is 6.47. The molecule has 1 aliphatic rings. The number of nitrogens with zero attached hydrogens (tertiary/aromatic N) is 2. The molecule has 1 amide bonds. The normalized spacial score (nSPS) is 14.9. The molecule has 1 saturated heterocycles. The fourth-order valence-electron chi connectivity index (χ4n) is 3.03. The molecule has 1 aromatic carbocycles. The van der Waals surface area contributed by atoms with Crippen molar-refractivity contribution in [1.29, 1.82) is 0 Å². The van der Waals surface area contributed by atoms with E-state index < -0.39 is 11.9 Å². The smallest absolute Gasteiger partial charge is 0.331 e. The van der Waals surface area contributed by atoms with Crippen molar-refractivity contribution in [1.82, 2.24) is 4.90 Å². The standard InChI is InChI=1S/C21H24BrN3O4/c1-2-24-11-13-25(14-12-24)17-5-3-16(4-6-17)23-20(26)15-28-21(27)10-8-18-7-9-19(22)29-18/h3-10H,2,11-15H2,1H3,(H,23,26)/b10-8+. The van der Waals surface area contributed by atoms with Crippen molar-refractivity contribution in [2.75, 3.05) is 49.5 Å². The quantitative estimate of drug-likeness (QED) is 0.503. The number of benzene rings is 1. The predicted octanol–water partition coefficient (Wildman–Crippen LogP) is 3.38. The number of hydrogen-bond acceptors (Lipinski definition) is 6. The van der Waals surface area contributed by atoms with Crippen molar-refractivity contribution in [3.63, 3.8) is 0 Å². The highest BCUT2D eigenvalue weighted by Gasteiger charge is 2.15. The van der Waals surface area contributed by atoms with E-state index in [9.17, 15) is 9.59 Å². The number of furan rings is 1. The van der Waals surface area contributed by atoms with Crippen molar-refractivity contribution in [2.24, 2.45) is 0 Å². The minimum atomic E-state index is -0.616. The summed E-state index contributed by atoms with van der Waals surface area (Å²) < 4.78 is 10.7. The molecule has 154 valence electrons. The summed E-state index contributed by atoms with van der Waals surface area (Å²) >= 11 is 3.18. The molecule has 1 aliphatic heterocycles. The van der Waals surface area contributed by atoms with Gasteiger partial charge in [0.1, 0.15) is 5.76 Å². The first kappa shape index (κ1) is 21.1. The van der Waals surface area contributed by atoms with Crippen LogP contribution in [0.3, 0.4) is 0 Å². The summed E-state index contributed by atoms with van der Waals surface area (Å²) in [7, 11) is 0. The maximum atomic E-state index is 12.0. The Morgan fingerprint density at radius 3 is 2.48 bits per heavy atom. The maximum Gasteiger partial charge on any atom is 0.331 e. The van der Waals surface area contributed by atoms with Gasteiger partial charge in [0.2, 0.25) is 0 Å². The molecular formula is C21H24BrN3O4. The molecule has 8 heteroatoms. The lowest BCUT2D eigenvalue weighted by atomic mass is 10.2. The lowest BCUT2D eigenvalue weighted by Gasteiger charge is -2.35. The van der Waals surface area contributed by atoms with Gasteiger partial charge in [-0.15, -0.1) is 0 Å². The molecule has 0 unspecified atom stereocenters. The van der Waals surface area contributed by atoms with E-state index in [0.717, 1.165) is 38.4 Å². The van der Waals surface area contributed by atoms with Crippen LogP contribution in [-0.4, -0.2) is 56.1 Å². The van der Waals surface area contributed by atoms with Gasteiger partial charge in [-0.1, -0.05) is 6.92 Å². The van der Waals surface area contributed by atoms with Gasteiger partial charge < -0.3 is 24.3 Å². The third-order valence-corrected chi connectivity index (χ3v) is 5.09. The molecule has 0 bridgehead atoms. The van der Waals surface area contributed by atoms with Crippen LogP contribution in [0.25, 0.3) is 6.08 Å². The Hall–Kier alpha value is -2.58. The highest BCUT2D eigenvalue weighted by Crippen LogP contribution is 2.19. The van der Waals surface area contributed by atoms with Crippen LogP contribution < -0.4 is 10.2 Å². The molecule has 3 rings (SSSR count). The van der Waals surface area contributed by atoms with Crippen LogP contribution in [0.2, 0.25) is 0 Å². The number of anilines is 2. The number of amides is 1. The van der Waals surface area contributed by atoms with Crippen molar-refractivity contribution in [3.8, 4) is 0 Å². The number of ether oxygens (including phenoxy) is 1. The first-order valence-electron chi connectivity index (χ1n) is 9.51.